The molecule has 0 aromatic heterocycles. The summed E-state index contributed by atoms with van der Waals surface area (Å²) in [6, 6.07) is 0. The van der Waals surface area contributed by atoms with Crippen molar-refractivity contribution in [3.63, 3.8) is 0 Å². The molecule has 0 saturated carbocycles. The van der Waals surface area contributed by atoms with Crippen LogP contribution in [0.15, 0.2) is 12.7 Å². The van der Waals surface area contributed by atoms with Crippen LogP contribution < -0.4 is 0 Å². The second-order valence-electron chi connectivity index (χ2n) is 4.71. The summed E-state index contributed by atoms with van der Waals surface area (Å²) in [5.74, 6) is 0.433. The SMILES string of the molecule is C=C[C@@H]1CCN(C(=O)OC(C)(C)C)C1. The molecule has 0 aromatic carbocycles. The van der Waals surface area contributed by atoms with Crippen molar-refractivity contribution in [1.29, 1.82) is 0 Å². The molecular formula is C11H19NO2. The van der Waals surface area contributed by atoms with Gasteiger partial charge < -0.3 is 9.64 Å². The average molecular weight is 197 g/mol. The number of carbonyl (C=O) groups is 1. The third-order valence-electron chi connectivity index (χ3n) is 2.21. The first-order chi connectivity index (χ1) is 6.42. The molecule has 14 heavy (non-hydrogen) atoms. The van der Waals surface area contributed by atoms with Crippen LogP contribution in [-0.2, 0) is 4.74 Å². The van der Waals surface area contributed by atoms with Crippen molar-refractivity contribution in [2.75, 3.05) is 13.1 Å². The smallest absolute Gasteiger partial charge is 0.410 e. The van der Waals surface area contributed by atoms with Crippen LogP contribution in [0.2, 0.25) is 0 Å². The fourth-order valence-electron chi connectivity index (χ4n) is 1.47. The van der Waals surface area contributed by atoms with Gasteiger partial charge in [0.2, 0.25) is 0 Å². The van der Waals surface area contributed by atoms with Gasteiger partial charge in [-0.1, -0.05) is 6.08 Å². The maximum Gasteiger partial charge on any atom is 0.410 e. The fraction of sp³-hybridized carbons (Fsp3) is 0.727. The molecule has 1 aliphatic rings. The molecule has 1 fully saturated rings. The molecule has 0 unspecified atom stereocenters. The van der Waals surface area contributed by atoms with Crippen molar-refractivity contribution in [2.45, 2.75) is 32.8 Å². The first-order valence-corrected chi connectivity index (χ1v) is 5.03. The lowest BCUT2D eigenvalue weighted by Gasteiger charge is -2.24. The molecule has 1 aliphatic heterocycles. The largest absolute Gasteiger partial charge is 0.444 e. The van der Waals surface area contributed by atoms with Crippen LogP contribution in [-0.4, -0.2) is 29.7 Å². The standard InChI is InChI=1S/C11H19NO2/c1-5-9-6-7-12(8-9)10(13)14-11(2,3)4/h5,9H,1,6-8H2,2-4H3/t9-/m1/s1. The van der Waals surface area contributed by atoms with Gasteiger partial charge in [0.05, 0.1) is 0 Å². The molecule has 0 N–H and O–H groups in total. The van der Waals surface area contributed by atoms with E-state index in [1.54, 1.807) is 4.90 Å². The summed E-state index contributed by atoms with van der Waals surface area (Å²) < 4.78 is 5.27. The number of hydrogen-bond donors (Lipinski definition) is 0. The van der Waals surface area contributed by atoms with E-state index in [-0.39, 0.29) is 6.09 Å². The van der Waals surface area contributed by atoms with Crippen molar-refractivity contribution < 1.29 is 9.53 Å². The molecule has 3 nitrogen and oxygen atoms in total. The number of likely N-dealkylation sites (tertiary alicyclic amines) is 1. The number of rotatable bonds is 1. The first-order valence-electron chi connectivity index (χ1n) is 5.03. The van der Waals surface area contributed by atoms with E-state index in [0.29, 0.717) is 5.92 Å². The lowest BCUT2D eigenvalue weighted by atomic mass is 10.1. The Morgan fingerprint density at radius 2 is 2.21 bits per heavy atom. The highest BCUT2D eigenvalue weighted by Crippen LogP contribution is 2.19. The number of hydrogen-bond acceptors (Lipinski definition) is 2. The Labute approximate surface area is 85.7 Å². The van der Waals surface area contributed by atoms with Gasteiger partial charge in [0.15, 0.2) is 0 Å². The molecule has 1 saturated heterocycles. The Balaban J connectivity index is 2.43. The summed E-state index contributed by atoms with van der Waals surface area (Å²) in [6.45, 7) is 10.9. The van der Waals surface area contributed by atoms with Gasteiger partial charge in [0, 0.05) is 13.1 Å². The average Bonchev–Trinajstić information content (AvgIpc) is 2.48. The molecular weight excluding hydrogens is 178 g/mol. The van der Waals surface area contributed by atoms with E-state index in [0.717, 1.165) is 19.5 Å². The highest BCUT2D eigenvalue weighted by Gasteiger charge is 2.28. The number of amides is 1. The minimum Gasteiger partial charge on any atom is -0.444 e. The Kier molecular flexibility index (Phi) is 3.19. The van der Waals surface area contributed by atoms with Crippen molar-refractivity contribution in [3.8, 4) is 0 Å². The Morgan fingerprint density at radius 3 is 2.64 bits per heavy atom. The number of nitrogens with zero attached hydrogens (tertiary/aromatic N) is 1. The molecule has 1 atom stereocenters. The Bertz CT molecular complexity index is 230. The van der Waals surface area contributed by atoms with Crippen molar-refractivity contribution in [1.82, 2.24) is 4.90 Å². The third-order valence-corrected chi connectivity index (χ3v) is 2.21. The summed E-state index contributed by atoms with van der Waals surface area (Å²) >= 11 is 0. The summed E-state index contributed by atoms with van der Waals surface area (Å²) in [4.78, 5) is 13.3. The van der Waals surface area contributed by atoms with Gasteiger partial charge in [-0.05, 0) is 33.1 Å². The quantitative estimate of drug-likeness (QED) is 0.604. The van der Waals surface area contributed by atoms with Crippen LogP contribution in [0.1, 0.15) is 27.2 Å². The zero-order valence-electron chi connectivity index (χ0n) is 9.25. The van der Waals surface area contributed by atoms with Gasteiger partial charge in [-0.3, -0.25) is 0 Å². The van der Waals surface area contributed by atoms with Crippen LogP contribution >= 0.6 is 0 Å². The zero-order chi connectivity index (χ0) is 10.8. The molecule has 3 heteroatoms. The van der Waals surface area contributed by atoms with E-state index in [1.807, 2.05) is 26.8 Å². The van der Waals surface area contributed by atoms with Crippen LogP contribution in [0.4, 0.5) is 4.79 Å². The Morgan fingerprint density at radius 1 is 1.57 bits per heavy atom. The molecule has 1 amide bonds. The third kappa shape index (κ3) is 3.05. The lowest BCUT2D eigenvalue weighted by Crippen LogP contribution is -2.35. The van der Waals surface area contributed by atoms with Gasteiger partial charge in [0.25, 0.3) is 0 Å². The van der Waals surface area contributed by atoms with Gasteiger partial charge in [0.1, 0.15) is 5.60 Å². The first kappa shape index (κ1) is 11.1. The normalized spacial score (nSPS) is 22.2. The van der Waals surface area contributed by atoms with E-state index < -0.39 is 5.60 Å². The summed E-state index contributed by atoms with van der Waals surface area (Å²) in [6.07, 6.45) is 2.70. The molecule has 1 rings (SSSR count). The second-order valence-corrected chi connectivity index (χ2v) is 4.71. The van der Waals surface area contributed by atoms with E-state index >= 15 is 0 Å². The number of carbonyl (C=O) groups excluding carboxylic acids is 1. The molecule has 0 spiro atoms. The predicted octanol–water partition coefficient (Wildman–Crippen LogP) is 2.43. The van der Waals surface area contributed by atoms with Crippen molar-refractivity contribution in [2.24, 2.45) is 5.92 Å². The number of ether oxygens (including phenoxy) is 1. The fourth-order valence-corrected chi connectivity index (χ4v) is 1.47. The minimum atomic E-state index is -0.399. The van der Waals surface area contributed by atoms with Gasteiger partial charge in [-0.25, -0.2) is 4.79 Å². The molecule has 0 radical (unpaired) electrons. The summed E-state index contributed by atoms with van der Waals surface area (Å²) in [7, 11) is 0. The molecule has 0 aromatic rings. The molecule has 0 bridgehead atoms. The van der Waals surface area contributed by atoms with E-state index in [1.165, 1.54) is 0 Å². The van der Waals surface area contributed by atoms with Crippen LogP contribution in [0, 0.1) is 5.92 Å². The van der Waals surface area contributed by atoms with Crippen LogP contribution in [0.3, 0.4) is 0 Å². The predicted molar refractivity (Wildman–Crippen MR) is 56.1 cm³/mol. The lowest BCUT2D eigenvalue weighted by molar-refractivity contribution is 0.0291. The molecule has 80 valence electrons. The second kappa shape index (κ2) is 4.03. The monoisotopic (exact) mass is 197 g/mol. The van der Waals surface area contributed by atoms with Crippen LogP contribution in [0.25, 0.3) is 0 Å². The summed E-state index contributed by atoms with van der Waals surface area (Å²) in [5, 5.41) is 0. The van der Waals surface area contributed by atoms with Crippen LogP contribution in [0.5, 0.6) is 0 Å². The highest BCUT2D eigenvalue weighted by atomic mass is 16.6. The van der Waals surface area contributed by atoms with Gasteiger partial charge in [-0.15, -0.1) is 6.58 Å². The maximum atomic E-state index is 11.6. The maximum absolute atomic E-state index is 11.6. The zero-order valence-corrected chi connectivity index (χ0v) is 9.25. The van der Waals surface area contributed by atoms with Crippen molar-refractivity contribution >= 4 is 6.09 Å². The van der Waals surface area contributed by atoms with E-state index in [4.69, 9.17) is 4.74 Å². The molecule has 0 aliphatic carbocycles. The highest BCUT2D eigenvalue weighted by molar-refractivity contribution is 5.68. The summed E-state index contributed by atoms with van der Waals surface area (Å²) in [5.41, 5.74) is -0.399. The van der Waals surface area contributed by atoms with Gasteiger partial charge in [-0.2, -0.15) is 0 Å². The molecule has 1 heterocycles. The van der Waals surface area contributed by atoms with E-state index in [9.17, 15) is 4.79 Å². The van der Waals surface area contributed by atoms with Crippen molar-refractivity contribution in [3.05, 3.63) is 12.7 Å². The minimum absolute atomic E-state index is 0.207. The van der Waals surface area contributed by atoms with E-state index in [2.05, 4.69) is 6.58 Å². The Hall–Kier alpha value is -0.990. The topological polar surface area (TPSA) is 29.5 Å². The van der Waals surface area contributed by atoms with Gasteiger partial charge >= 0.3 is 6.09 Å².